The number of nitrogens with one attached hydrogen (secondary N) is 2. The number of hydrogen-bond donors (Lipinski definition) is 2. The van der Waals surface area contributed by atoms with Crippen molar-refractivity contribution in [3.05, 3.63) is 0 Å². The number of rotatable bonds is 5. The molecule has 4 nitrogen and oxygen atoms in total. The van der Waals surface area contributed by atoms with Crippen LogP contribution in [0.25, 0.3) is 0 Å². The summed E-state index contributed by atoms with van der Waals surface area (Å²) in [7, 11) is 0. The maximum Gasteiger partial charge on any atom is 0.321 e. The van der Waals surface area contributed by atoms with Gasteiger partial charge in [-0.2, -0.15) is 11.8 Å². The van der Waals surface area contributed by atoms with E-state index in [0.29, 0.717) is 6.54 Å². The number of hydrogen-bond acceptors (Lipinski definition) is 3. The molecule has 1 rings (SSSR count). The van der Waals surface area contributed by atoms with Crippen molar-refractivity contribution in [3.63, 3.8) is 0 Å². The molecule has 16 heavy (non-hydrogen) atoms. The van der Waals surface area contributed by atoms with Crippen LogP contribution in [0.15, 0.2) is 0 Å². The highest BCUT2D eigenvalue weighted by Gasteiger charge is 2.36. The Hall–Kier alpha value is -0.420. The van der Waals surface area contributed by atoms with Gasteiger partial charge in [0.2, 0.25) is 5.91 Å². The van der Waals surface area contributed by atoms with Gasteiger partial charge in [0, 0.05) is 23.6 Å². The van der Waals surface area contributed by atoms with E-state index in [9.17, 15) is 9.59 Å². The van der Waals surface area contributed by atoms with Gasteiger partial charge < -0.3 is 5.32 Å². The number of halogens is 1. The van der Waals surface area contributed by atoms with Crippen molar-refractivity contribution in [2.75, 3.05) is 18.7 Å². The Balaban J connectivity index is 2.22. The highest BCUT2D eigenvalue weighted by Crippen LogP contribution is 2.42. The first-order valence-corrected chi connectivity index (χ1v) is 7.06. The molecule has 0 spiro atoms. The monoisotopic (exact) mass is 264 g/mol. The summed E-state index contributed by atoms with van der Waals surface area (Å²) < 4.78 is 0.187. The first kappa shape index (κ1) is 13.6. The molecule has 92 valence electrons. The highest BCUT2D eigenvalue weighted by molar-refractivity contribution is 8.00. The molecule has 0 aliphatic heterocycles. The van der Waals surface area contributed by atoms with Crippen LogP contribution in [0.5, 0.6) is 0 Å². The number of alkyl halides is 1. The van der Waals surface area contributed by atoms with Crippen molar-refractivity contribution in [2.24, 2.45) is 0 Å². The van der Waals surface area contributed by atoms with Gasteiger partial charge >= 0.3 is 6.03 Å². The van der Waals surface area contributed by atoms with E-state index >= 15 is 0 Å². The van der Waals surface area contributed by atoms with Gasteiger partial charge in [0.05, 0.1) is 0 Å². The number of thioether (sulfide) groups is 1. The van der Waals surface area contributed by atoms with Crippen molar-refractivity contribution in [2.45, 2.75) is 30.4 Å². The Kier molecular flexibility index (Phi) is 5.41. The third-order valence-corrected chi connectivity index (χ3v) is 4.45. The molecule has 0 aromatic heterocycles. The third kappa shape index (κ3) is 3.87. The smallest absolute Gasteiger partial charge is 0.321 e. The molecule has 1 saturated carbocycles. The first-order chi connectivity index (χ1) is 7.62. The van der Waals surface area contributed by atoms with Crippen LogP contribution in [-0.4, -0.2) is 35.4 Å². The summed E-state index contributed by atoms with van der Waals surface area (Å²) in [6, 6.07) is -0.421. The fraction of sp³-hybridized carbons (Fsp3) is 0.800. The molecule has 1 aliphatic carbocycles. The van der Waals surface area contributed by atoms with Crippen LogP contribution >= 0.6 is 23.4 Å². The van der Waals surface area contributed by atoms with E-state index in [1.807, 2.05) is 0 Å². The molecule has 1 aliphatic rings. The number of amides is 3. The predicted octanol–water partition coefficient (Wildman–Crippen LogP) is 1.73. The second-order valence-electron chi connectivity index (χ2n) is 3.91. The first-order valence-electron chi connectivity index (χ1n) is 5.31. The number of carbonyl (C=O) groups is 2. The van der Waals surface area contributed by atoms with Crippen LogP contribution in [0.4, 0.5) is 4.79 Å². The zero-order chi connectivity index (χ0) is 12.0. The van der Waals surface area contributed by atoms with Crippen LogP contribution in [0.3, 0.4) is 0 Å². The SMILES string of the molecule is CSC1(CNC(=O)NC(=O)CCCl)CCC1. The molecule has 0 atom stereocenters. The second kappa shape index (κ2) is 6.35. The van der Waals surface area contributed by atoms with E-state index < -0.39 is 6.03 Å². The van der Waals surface area contributed by atoms with Gasteiger partial charge in [0.15, 0.2) is 0 Å². The maximum atomic E-state index is 11.3. The molecular weight excluding hydrogens is 248 g/mol. The van der Waals surface area contributed by atoms with Crippen molar-refractivity contribution in [1.82, 2.24) is 10.6 Å². The van der Waals surface area contributed by atoms with Gasteiger partial charge in [-0.15, -0.1) is 11.6 Å². The van der Waals surface area contributed by atoms with Gasteiger partial charge in [0.25, 0.3) is 0 Å². The molecule has 6 heteroatoms. The highest BCUT2D eigenvalue weighted by atomic mass is 35.5. The number of imide groups is 1. The molecule has 0 bridgehead atoms. The standard InChI is InChI=1S/C10H17ClN2O2S/c1-16-10(4-2-5-10)7-12-9(15)13-8(14)3-6-11/h2-7H2,1H3,(H2,12,13,14,15). The van der Waals surface area contributed by atoms with E-state index in [2.05, 4.69) is 16.9 Å². The van der Waals surface area contributed by atoms with Crippen LogP contribution in [-0.2, 0) is 4.79 Å². The van der Waals surface area contributed by atoms with Crippen LogP contribution < -0.4 is 10.6 Å². The third-order valence-electron chi connectivity index (χ3n) is 2.84. The van der Waals surface area contributed by atoms with E-state index in [-0.39, 0.29) is 23.0 Å². The molecule has 3 amide bonds. The Labute approximate surface area is 105 Å². The molecule has 1 fully saturated rings. The van der Waals surface area contributed by atoms with Crippen molar-refractivity contribution in [3.8, 4) is 0 Å². The Morgan fingerprint density at radius 2 is 2.12 bits per heavy atom. The molecular formula is C10H17ClN2O2S. The molecule has 0 radical (unpaired) electrons. The molecule has 0 unspecified atom stereocenters. The average Bonchev–Trinajstić information content (AvgIpc) is 2.17. The Morgan fingerprint density at radius 1 is 1.44 bits per heavy atom. The predicted molar refractivity (Wildman–Crippen MR) is 67.0 cm³/mol. The van der Waals surface area contributed by atoms with Gasteiger partial charge in [-0.1, -0.05) is 6.42 Å². The fourth-order valence-corrected chi connectivity index (χ4v) is 2.67. The summed E-state index contributed by atoms with van der Waals surface area (Å²) in [5.41, 5.74) is 0. The quantitative estimate of drug-likeness (QED) is 0.744. The lowest BCUT2D eigenvalue weighted by Gasteiger charge is -2.40. The summed E-state index contributed by atoms with van der Waals surface area (Å²) >= 11 is 7.17. The van der Waals surface area contributed by atoms with Gasteiger partial charge in [-0.05, 0) is 19.1 Å². The van der Waals surface area contributed by atoms with Crippen molar-refractivity contribution in [1.29, 1.82) is 0 Å². The van der Waals surface area contributed by atoms with Crippen molar-refractivity contribution >= 4 is 35.3 Å². The summed E-state index contributed by atoms with van der Waals surface area (Å²) in [5, 5.41) is 4.97. The van der Waals surface area contributed by atoms with E-state index in [0.717, 1.165) is 12.8 Å². The topological polar surface area (TPSA) is 58.2 Å². The van der Waals surface area contributed by atoms with E-state index in [1.54, 1.807) is 11.8 Å². The summed E-state index contributed by atoms with van der Waals surface area (Å²) in [6.45, 7) is 0.619. The number of carbonyl (C=O) groups excluding carboxylic acids is 2. The lowest BCUT2D eigenvalue weighted by atomic mass is 9.84. The average molecular weight is 265 g/mol. The van der Waals surface area contributed by atoms with Gasteiger partial charge in [-0.3, -0.25) is 10.1 Å². The minimum Gasteiger partial charge on any atom is -0.336 e. The summed E-state index contributed by atoms with van der Waals surface area (Å²) in [6.07, 6.45) is 5.70. The maximum absolute atomic E-state index is 11.3. The largest absolute Gasteiger partial charge is 0.336 e. The molecule has 2 N–H and O–H groups in total. The van der Waals surface area contributed by atoms with Gasteiger partial charge in [-0.25, -0.2) is 4.79 Å². The van der Waals surface area contributed by atoms with Gasteiger partial charge in [0.1, 0.15) is 0 Å². The van der Waals surface area contributed by atoms with Crippen LogP contribution in [0, 0.1) is 0 Å². The van der Waals surface area contributed by atoms with Crippen LogP contribution in [0.1, 0.15) is 25.7 Å². The normalized spacial score (nSPS) is 17.4. The van der Waals surface area contributed by atoms with Crippen molar-refractivity contribution < 1.29 is 9.59 Å². The molecule has 0 aromatic carbocycles. The Bertz CT molecular complexity index is 264. The molecule has 0 aromatic rings. The van der Waals surface area contributed by atoms with E-state index in [4.69, 9.17) is 11.6 Å². The lowest BCUT2D eigenvalue weighted by molar-refractivity contribution is -0.119. The van der Waals surface area contributed by atoms with E-state index in [1.165, 1.54) is 6.42 Å². The number of urea groups is 1. The Morgan fingerprint density at radius 3 is 2.56 bits per heavy atom. The molecule has 0 saturated heterocycles. The summed E-state index contributed by atoms with van der Waals surface area (Å²) in [4.78, 5) is 22.4. The zero-order valence-corrected chi connectivity index (χ0v) is 10.9. The minimum absolute atomic E-state index is 0.169. The molecule has 0 heterocycles. The zero-order valence-electron chi connectivity index (χ0n) is 9.35. The van der Waals surface area contributed by atoms with Crippen LogP contribution in [0.2, 0.25) is 0 Å². The second-order valence-corrected chi connectivity index (χ2v) is 5.56. The minimum atomic E-state index is -0.421. The lowest BCUT2D eigenvalue weighted by Crippen LogP contribution is -2.49. The fourth-order valence-electron chi connectivity index (χ4n) is 1.58. The summed E-state index contributed by atoms with van der Waals surface area (Å²) in [5.74, 6) is -0.104.